The van der Waals surface area contributed by atoms with Crippen LogP contribution in [0.4, 0.5) is 0 Å². The van der Waals surface area contributed by atoms with Crippen molar-refractivity contribution < 1.29 is 9.84 Å². The van der Waals surface area contributed by atoms with Crippen molar-refractivity contribution in [2.24, 2.45) is 5.92 Å². The number of ether oxygens (including phenoxy) is 1. The molecular weight excluding hydrogens is 238 g/mol. The maximum atomic E-state index is 11.0. The molecule has 0 radical (unpaired) electrons. The number of hydrogen-bond acceptors (Lipinski definition) is 3. The van der Waals surface area contributed by atoms with Gasteiger partial charge in [-0.1, -0.05) is 26.0 Å². The highest BCUT2D eigenvalue weighted by Crippen LogP contribution is 2.36. The van der Waals surface area contributed by atoms with Gasteiger partial charge >= 0.3 is 0 Å². The van der Waals surface area contributed by atoms with E-state index < -0.39 is 5.60 Å². The minimum absolute atomic E-state index is 0.201. The molecule has 1 rings (SSSR count). The van der Waals surface area contributed by atoms with Crippen LogP contribution in [0.25, 0.3) is 0 Å². The Morgan fingerprint density at radius 1 is 1.37 bits per heavy atom. The molecule has 1 aromatic rings. The van der Waals surface area contributed by atoms with Crippen molar-refractivity contribution in [2.75, 3.05) is 27.7 Å². The number of benzene rings is 1. The second kappa shape index (κ2) is 6.92. The lowest BCUT2D eigenvalue weighted by Crippen LogP contribution is -2.34. The lowest BCUT2D eigenvalue weighted by atomic mass is 9.78. The van der Waals surface area contributed by atoms with Crippen molar-refractivity contribution in [1.29, 1.82) is 0 Å². The normalized spacial score (nSPS) is 16.2. The summed E-state index contributed by atoms with van der Waals surface area (Å²) in [5.41, 5.74) is 0.158. The molecule has 1 aromatic carbocycles. The fraction of sp³-hybridized carbons (Fsp3) is 0.625. The highest BCUT2D eigenvalue weighted by molar-refractivity contribution is 5.32. The standard InChI is InChI=1S/C16H27NO2/c1-6-16(18,13(2)10-11-17(3)4)14-8-7-9-15(12-14)19-5/h7-9,12-13,18H,6,10-11H2,1-5H3/t13-,16-/m1/s1. The molecule has 3 nitrogen and oxygen atoms in total. The van der Waals surface area contributed by atoms with E-state index in [0.29, 0.717) is 6.42 Å². The molecule has 0 aliphatic heterocycles. The fourth-order valence-electron chi connectivity index (χ4n) is 2.42. The van der Waals surface area contributed by atoms with E-state index in [-0.39, 0.29) is 5.92 Å². The summed E-state index contributed by atoms with van der Waals surface area (Å²) in [6, 6.07) is 7.77. The smallest absolute Gasteiger partial charge is 0.119 e. The molecule has 2 atom stereocenters. The Morgan fingerprint density at radius 3 is 2.58 bits per heavy atom. The maximum absolute atomic E-state index is 11.0. The Bertz CT molecular complexity index is 392. The predicted octanol–water partition coefficient (Wildman–Crippen LogP) is 2.88. The number of aliphatic hydroxyl groups is 1. The monoisotopic (exact) mass is 265 g/mol. The molecule has 0 spiro atoms. The van der Waals surface area contributed by atoms with Gasteiger partial charge in [0, 0.05) is 0 Å². The summed E-state index contributed by atoms with van der Waals surface area (Å²) in [5.74, 6) is 0.996. The van der Waals surface area contributed by atoms with Crippen LogP contribution in [-0.4, -0.2) is 37.8 Å². The van der Waals surface area contributed by atoms with Crippen LogP contribution >= 0.6 is 0 Å². The van der Waals surface area contributed by atoms with Gasteiger partial charge in [-0.05, 0) is 57.1 Å². The van der Waals surface area contributed by atoms with Crippen molar-refractivity contribution in [3.8, 4) is 5.75 Å². The first-order chi connectivity index (χ1) is 8.93. The Hall–Kier alpha value is -1.06. The van der Waals surface area contributed by atoms with E-state index in [4.69, 9.17) is 4.74 Å². The molecule has 0 heterocycles. The van der Waals surface area contributed by atoms with Crippen LogP contribution in [0, 0.1) is 5.92 Å². The minimum atomic E-state index is -0.787. The number of methoxy groups -OCH3 is 1. The highest BCUT2D eigenvalue weighted by atomic mass is 16.5. The van der Waals surface area contributed by atoms with Crippen molar-refractivity contribution in [1.82, 2.24) is 4.90 Å². The van der Waals surface area contributed by atoms with Gasteiger partial charge in [0.2, 0.25) is 0 Å². The third kappa shape index (κ3) is 3.95. The van der Waals surface area contributed by atoms with E-state index >= 15 is 0 Å². The van der Waals surface area contributed by atoms with Gasteiger partial charge in [0.15, 0.2) is 0 Å². The summed E-state index contributed by atoms with van der Waals surface area (Å²) in [7, 11) is 5.77. The van der Waals surface area contributed by atoms with Crippen molar-refractivity contribution >= 4 is 0 Å². The molecular formula is C16H27NO2. The van der Waals surface area contributed by atoms with Crippen molar-refractivity contribution in [3.05, 3.63) is 29.8 Å². The van der Waals surface area contributed by atoms with Gasteiger partial charge in [-0.2, -0.15) is 0 Å². The second-order valence-electron chi connectivity index (χ2n) is 5.50. The maximum Gasteiger partial charge on any atom is 0.119 e. The zero-order chi connectivity index (χ0) is 14.5. The molecule has 0 bridgehead atoms. The average molecular weight is 265 g/mol. The van der Waals surface area contributed by atoms with Gasteiger partial charge in [0.05, 0.1) is 12.7 Å². The van der Waals surface area contributed by atoms with E-state index in [9.17, 15) is 5.11 Å². The van der Waals surface area contributed by atoms with E-state index in [2.05, 4.69) is 25.9 Å². The summed E-state index contributed by atoms with van der Waals surface area (Å²) >= 11 is 0. The van der Waals surface area contributed by atoms with Gasteiger partial charge in [-0.15, -0.1) is 0 Å². The molecule has 1 N–H and O–H groups in total. The van der Waals surface area contributed by atoms with Crippen LogP contribution in [0.2, 0.25) is 0 Å². The molecule has 0 saturated carbocycles. The van der Waals surface area contributed by atoms with Crippen molar-refractivity contribution in [3.63, 3.8) is 0 Å². The van der Waals surface area contributed by atoms with Crippen LogP contribution in [0.3, 0.4) is 0 Å². The van der Waals surface area contributed by atoms with Gasteiger partial charge in [0.1, 0.15) is 5.75 Å². The molecule has 0 aliphatic rings. The van der Waals surface area contributed by atoms with Crippen LogP contribution in [0.1, 0.15) is 32.3 Å². The van der Waals surface area contributed by atoms with Crippen LogP contribution in [-0.2, 0) is 5.60 Å². The SMILES string of the molecule is CC[C@](O)(c1cccc(OC)c1)[C@H](C)CCN(C)C. The third-order valence-electron chi connectivity index (χ3n) is 3.93. The predicted molar refractivity (Wildman–Crippen MR) is 79.5 cm³/mol. The highest BCUT2D eigenvalue weighted by Gasteiger charge is 2.33. The summed E-state index contributed by atoms with van der Waals surface area (Å²) in [6.45, 7) is 5.13. The molecule has 0 fully saturated rings. The van der Waals surface area contributed by atoms with E-state index in [1.165, 1.54) is 0 Å². The molecule has 108 valence electrons. The Balaban J connectivity index is 2.94. The van der Waals surface area contributed by atoms with Gasteiger partial charge in [0.25, 0.3) is 0 Å². The number of nitrogens with zero attached hydrogens (tertiary/aromatic N) is 1. The lowest BCUT2D eigenvalue weighted by Gasteiger charge is -2.34. The first-order valence-corrected chi connectivity index (χ1v) is 6.95. The summed E-state index contributed by atoms with van der Waals surface area (Å²) in [4.78, 5) is 2.15. The molecule has 0 unspecified atom stereocenters. The molecule has 0 amide bonds. The van der Waals surface area contributed by atoms with E-state index in [0.717, 1.165) is 24.3 Å². The molecule has 0 aliphatic carbocycles. The number of hydrogen-bond donors (Lipinski definition) is 1. The summed E-state index contributed by atoms with van der Waals surface area (Å²) in [6.07, 6.45) is 1.67. The quantitative estimate of drug-likeness (QED) is 0.823. The summed E-state index contributed by atoms with van der Waals surface area (Å²) in [5, 5.41) is 11.0. The summed E-state index contributed by atoms with van der Waals surface area (Å²) < 4.78 is 5.25. The zero-order valence-corrected chi connectivity index (χ0v) is 12.8. The Labute approximate surface area is 117 Å². The average Bonchev–Trinajstić information content (AvgIpc) is 2.43. The number of rotatable bonds is 7. The first-order valence-electron chi connectivity index (χ1n) is 6.95. The van der Waals surface area contributed by atoms with Crippen LogP contribution in [0.5, 0.6) is 5.75 Å². The van der Waals surface area contributed by atoms with Gasteiger partial charge in [-0.25, -0.2) is 0 Å². The first kappa shape index (κ1) is 16.0. The van der Waals surface area contributed by atoms with Crippen molar-refractivity contribution in [2.45, 2.75) is 32.3 Å². The van der Waals surface area contributed by atoms with E-state index in [1.54, 1.807) is 7.11 Å². The van der Waals surface area contributed by atoms with Gasteiger partial charge < -0.3 is 14.7 Å². The molecule has 19 heavy (non-hydrogen) atoms. The molecule has 0 saturated heterocycles. The zero-order valence-electron chi connectivity index (χ0n) is 12.8. The Kier molecular flexibility index (Phi) is 5.83. The fourth-order valence-corrected chi connectivity index (χ4v) is 2.42. The molecule has 0 aromatic heterocycles. The van der Waals surface area contributed by atoms with Crippen LogP contribution < -0.4 is 4.74 Å². The van der Waals surface area contributed by atoms with Gasteiger partial charge in [-0.3, -0.25) is 0 Å². The molecule has 3 heteroatoms. The van der Waals surface area contributed by atoms with Crippen LogP contribution in [0.15, 0.2) is 24.3 Å². The lowest BCUT2D eigenvalue weighted by molar-refractivity contribution is -0.0262. The Morgan fingerprint density at radius 2 is 2.05 bits per heavy atom. The second-order valence-corrected chi connectivity index (χ2v) is 5.50. The third-order valence-corrected chi connectivity index (χ3v) is 3.93. The largest absolute Gasteiger partial charge is 0.497 e. The minimum Gasteiger partial charge on any atom is -0.497 e. The topological polar surface area (TPSA) is 32.7 Å². The van der Waals surface area contributed by atoms with E-state index in [1.807, 2.05) is 31.2 Å².